The number of nitrogens with two attached hydrogens (primary N) is 1. The lowest BCUT2D eigenvalue weighted by atomic mass is 10.0. The number of nitrogens with one attached hydrogen (secondary N) is 1. The summed E-state index contributed by atoms with van der Waals surface area (Å²) in [6, 6.07) is 22.5. The fourth-order valence-electron chi connectivity index (χ4n) is 3.47. The number of carbonyl (C=O) groups is 1. The van der Waals surface area contributed by atoms with Crippen LogP contribution in [0.25, 0.3) is 11.0 Å². The number of furan rings is 1. The quantitative estimate of drug-likeness (QED) is 0.481. The Kier molecular flexibility index (Phi) is 5.79. The topological polar surface area (TPSA) is 58.9 Å². The van der Waals surface area contributed by atoms with Crippen molar-refractivity contribution in [2.45, 2.75) is 25.9 Å². The van der Waals surface area contributed by atoms with Gasteiger partial charge in [0.25, 0.3) is 5.91 Å². The van der Waals surface area contributed by atoms with Gasteiger partial charge in [-0.25, -0.2) is 0 Å². The number of thiophene rings is 1. The van der Waals surface area contributed by atoms with Crippen LogP contribution in [0.15, 0.2) is 76.5 Å². The SMILES string of the molecule is Cc1ccc([C@@H]([NH2+]CC(=O)N[C@H](C)c2cc3ccccc3o2)c2cccs2)cc1. The van der Waals surface area contributed by atoms with Crippen LogP contribution < -0.4 is 10.6 Å². The maximum atomic E-state index is 12.6. The third kappa shape index (κ3) is 4.58. The molecule has 0 spiro atoms. The molecule has 0 radical (unpaired) electrons. The maximum absolute atomic E-state index is 12.6. The van der Waals surface area contributed by atoms with Crippen molar-refractivity contribution in [3.63, 3.8) is 0 Å². The van der Waals surface area contributed by atoms with E-state index in [1.807, 2.05) is 37.3 Å². The summed E-state index contributed by atoms with van der Waals surface area (Å²) >= 11 is 1.72. The smallest absolute Gasteiger partial charge is 0.275 e. The van der Waals surface area contributed by atoms with Gasteiger partial charge in [0.05, 0.1) is 10.9 Å². The van der Waals surface area contributed by atoms with Crippen molar-refractivity contribution in [1.29, 1.82) is 0 Å². The van der Waals surface area contributed by atoms with E-state index in [4.69, 9.17) is 4.42 Å². The second-order valence-corrected chi connectivity index (χ2v) is 8.30. The molecule has 0 aliphatic heterocycles. The van der Waals surface area contributed by atoms with Crippen LogP contribution in [0.3, 0.4) is 0 Å². The molecule has 3 N–H and O–H groups in total. The van der Waals surface area contributed by atoms with Gasteiger partial charge in [0, 0.05) is 10.9 Å². The zero-order valence-corrected chi connectivity index (χ0v) is 17.4. The molecule has 0 aliphatic rings. The van der Waals surface area contributed by atoms with Crippen LogP contribution in [0.4, 0.5) is 0 Å². The summed E-state index contributed by atoms with van der Waals surface area (Å²) in [5.74, 6) is 0.763. The van der Waals surface area contributed by atoms with Crippen LogP contribution >= 0.6 is 11.3 Å². The van der Waals surface area contributed by atoms with E-state index in [0.717, 1.165) is 16.7 Å². The first kappa shape index (κ1) is 19.4. The first-order chi connectivity index (χ1) is 14.1. The first-order valence-electron chi connectivity index (χ1n) is 9.81. The second kappa shape index (κ2) is 8.64. The average Bonchev–Trinajstić information content (AvgIpc) is 3.39. The van der Waals surface area contributed by atoms with Crippen LogP contribution in [0.1, 0.15) is 40.8 Å². The molecule has 0 aliphatic carbocycles. The van der Waals surface area contributed by atoms with Crippen LogP contribution in [0.5, 0.6) is 0 Å². The lowest BCUT2D eigenvalue weighted by molar-refractivity contribution is -0.676. The van der Waals surface area contributed by atoms with Gasteiger partial charge < -0.3 is 15.1 Å². The number of amides is 1. The Hall–Kier alpha value is -2.89. The summed E-state index contributed by atoms with van der Waals surface area (Å²) in [5.41, 5.74) is 3.28. The maximum Gasteiger partial charge on any atom is 0.275 e. The highest BCUT2D eigenvalue weighted by molar-refractivity contribution is 7.10. The minimum Gasteiger partial charge on any atom is -0.459 e. The number of aryl methyl sites for hydroxylation is 1. The van der Waals surface area contributed by atoms with Gasteiger partial charge in [-0.05, 0) is 37.4 Å². The fourth-order valence-corrected chi connectivity index (χ4v) is 4.32. The lowest BCUT2D eigenvalue weighted by Crippen LogP contribution is -2.87. The standard InChI is InChI=1S/C24H24N2O2S/c1-16-9-11-18(12-10-16)24(22-8-5-13-29-22)25-15-23(27)26-17(2)21-14-19-6-3-4-7-20(19)28-21/h3-14,17,24-25H,15H2,1-2H3,(H,26,27)/p+1/t17-,24-/m1/s1. The van der Waals surface area contributed by atoms with Crippen LogP contribution in [0, 0.1) is 6.92 Å². The molecule has 4 aromatic rings. The van der Waals surface area contributed by atoms with E-state index in [0.29, 0.717) is 6.54 Å². The van der Waals surface area contributed by atoms with Crippen molar-refractivity contribution in [1.82, 2.24) is 5.32 Å². The van der Waals surface area contributed by atoms with Gasteiger partial charge in [-0.2, -0.15) is 0 Å². The Bertz CT molecular complexity index is 1050. The summed E-state index contributed by atoms with van der Waals surface area (Å²) in [4.78, 5) is 13.9. The molecule has 1 amide bonds. The predicted molar refractivity (Wildman–Crippen MR) is 117 cm³/mol. The van der Waals surface area contributed by atoms with Gasteiger partial charge in [0.1, 0.15) is 17.4 Å². The molecule has 0 saturated carbocycles. The highest BCUT2D eigenvalue weighted by Gasteiger charge is 2.21. The Morgan fingerprint density at radius 3 is 2.62 bits per heavy atom. The fraction of sp³-hybridized carbons (Fsp3) is 0.208. The molecule has 0 bridgehead atoms. The number of rotatable bonds is 7. The van der Waals surface area contributed by atoms with E-state index in [1.54, 1.807) is 11.3 Å². The predicted octanol–water partition coefficient (Wildman–Crippen LogP) is 4.33. The molecule has 0 unspecified atom stereocenters. The van der Waals surface area contributed by atoms with Gasteiger partial charge in [-0.15, -0.1) is 11.3 Å². The highest BCUT2D eigenvalue weighted by atomic mass is 32.1. The van der Waals surface area contributed by atoms with Crippen molar-refractivity contribution in [3.05, 3.63) is 93.9 Å². The second-order valence-electron chi connectivity index (χ2n) is 7.32. The Morgan fingerprint density at radius 1 is 1.10 bits per heavy atom. The first-order valence-corrected chi connectivity index (χ1v) is 10.7. The molecule has 4 nitrogen and oxygen atoms in total. The molecule has 0 saturated heterocycles. The van der Waals surface area contributed by atoms with Gasteiger partial charge in [0.15, 0.2) is 6.54 Å². The van der Waals surface area contributed by atoms with Crippen molar-refractivity contribution in [2.24, 2.45) is 0 Å². The number of hydrogen-bond donors (Lipinski definition) is 2. The Labute approximate surface area is 174 Å². The average molecular weight is 406 g/mol. The molecule has 5 heteroatoms. The largest absolute Gasteiger partial charge is 0.459 e. The minimum atomic E-state index is -0.178. The number of quaternary nitrogens is 1. The highest BCUT2D eigenvalue weighted by Crippen LogP contribution is 2.24. The van der Waals surface area contributed by atoms with Gasteiger partial charge in [-0.1, -0.05) is 54.1 Å². The molecule has 2 atom stereocenters. The summed E-state index contributed by atoms with van der Waals surface area (Å²) in [6.07, 6.45) is 0. The monoisotopic (exact) mass is 405 g/mol. The summed E-state index contributed by atoms with van der Waals surface area (Å²) in [5, 5.41) is 8.28. The molecule has 0 fully saturated rings. The molecular formula is C24H25N2O2S+. The number of hydrogen-bond acceptors (Lipinski definition) is 3. The van der Waals surface area contributed by atoms with Gasteiger partial charge >= 0.3 is 0 Å². The zero-order valence-electron chi connectivity index (χ0n) is 16.6. The van der Waals surface area contributed by atoms with E-state index in [9.17, 15) is 4.79 Å². The van der Waals surface area contributed by atoms with Gasteiger partial charge in [0.2, 0.25) is 0 Å². The van der Waals surface area contributed by atoms with Crippen LogP contribution in [0.2, 0.25) is 0 Å². The molecule has 2 aromatic heterocycles. The van der Waals surface area contributed by atoms with Gasteiger partial charge in [-0.3, -0.25) is 4.79 Å². The van der Waals surface area contributed by atoms with Crippen LogP contribution in [-0.2, 0) is 4.79 Å². The molecule has 148 valence electrons. The molecular weight excluding hydrogens is 380 g/mol. The molecule has 4 rings (SSSR count). The molecule has 29 heavy (non-hydrogen) atoms. The molecule has 2 heterocycles. The van der Waals surface area contributed by atoms with E-state index in [1.165, 1.54) is 16.0 Å². The Balaban J connectivity index is 1.41. The van der Waals surface area contributed by atoms with Crippen molar-refractivity contribution >= 4 is 28.2 Å². The van der Waals surface area contributed by atoms with Crippen molar-refractivity contribution in [3.8, 4) is 0 Å². The lowest BCUT2D eigenvalue weighted by Gasteiger charge is -2.16. The number of para-hydroxylation sites is 1. The van der Waals surface area contributed by atoms with E-state index in [-0.39, 0.29) is 18.0 Å². The van der Waals surface area contributed by atoms with E-state index in [2.05, 4.69) is 59.3 Å². The summed E-state index contributed by atoms with van der Waals surface area (Å²) in [7, 11) is 0. The third-order valence-corrected chi connectivity index (χ3v) is 6.03. The Morgan fingerprint density at radius 2 is 1.90 bits per heavy atom. The van der Waals surface area contributed by atoms with Crippen molar-refractivity contribution in [2.75, 3.05) is 6.54 Å². The van der Waals surface area contributed by atoms with Crippen molar-refractivity contribution < 1.29 is 14.5 Å². The third-order valence-electron chi connectivity index (χ3n) is 5.07. The molecule has 2 aromatic carbocycles. The normalized spacial score (nSPS) is 13.3. The van der Waals surface area contributed by atoms with Crippen LogP contribution in [-0.4, -0.2) is 12.5 Å². The summed E-state index contributed by atoms with van der Waals surface area (Å²) < 4.78 is 5.87. The minimum absolute atomic E-state index is 0.00776. The van der Waals surface area contributed by atoms with E-state index >= 15 is 0 Å². The number of benzene rings is 2. The zero-order chi connectivity index (χ0) is 20.2. The number of carbonyl (C=O) groups excluding carboxylic acids is 1. The van der Waals surface area contributed by atoms with E-state index < -0.39 is 0 Å². The summed E-state index contributed by atoms with van der Waals surface area (Å²) in [6.45, 7) is 4.38. The number of fused-ring (bicyclic) bond motifs is 1.